The Balaban J connectivity index is 1.70. The number of methoxy groups -OCH3 is 1. The van der Waals surface area contributed by atoms with Gasteiger partial charge in [-0.15, -0.1) is 0 Å². The van der Waals surface area contributed by atoms with Gasteiger partial charge in [-0.25, -0.2) is 4.98 Å². The van der Waals surface area contributed by atoms with Gasteiger partial charge in [-0.3, -0.25) is 4.79 Å². The van der Waals surface area contributed by atoms with Gasteiger partial charge in [0.15, 0.2) is 0 Å². The molecule has 180 valence electrons. The van der Waals surface area contributed by atoms with Crippen molar-refractivity contribution in [1.29, 1.82) is 5.26 Å². The molecule has 0 aliphatic carbocycles. The molecule has 3 aromatic carbocycles. The molecule has 4 rings (SSSR count). The minimum atomic E-state index is -0.206. The summed E-state index contributed by atoms with van der Waals surface area (Å²) in [5.41, 5.74) is 6.31. The van der Waals surface area contributed by atoms with Crippen molar-refractivity contribution in [3.8, 4) is 34.2 Å². The number of benzene rings is 3. The first-order valence-corrected chi connectivity index (χ1v) is 12.6. The second-order valence-electron chi connectivity index (χ2n) is 8.19. The molecule has 0 aliphatic heterocycles. The Morgan fingerprint density at radius 3 is 2.42 bits per heavy atom. The quantitative estimate of drug-likeness (QED) is 0.262. The smallest absolute Gasteiger partial charge is 0.234 e. The average Bonchev–Trinajstić information content (AvgIpc) is 2.90. The van der Waals surface area contributed by atoms with E-state index in [1.807, 2.05) is 74.5 Å². The third-order valence-electron chi connectivity index (χ3n) is 5.73. The summed E-state index contributed by atoms with van der Waals surface area (Å²) in [6, 6.07) is 25.2. The number of hydrogen-bond acceptors (Lipinski definition) is 5. The van der Waals surface area contributed by atoms with Gasteiger partial charge in [-0.1, -0.05) is 71.4 Å². The van der Waals surface area contributed by atoms with E-state index in [9.17, 15) is 10.1 Å². The van der Waals surface area contributed by atoms with E-state index in [0.29, 0.717) is 21.3 Å². The maximum absolute atomic E-state index is 12.8. The van der Waals surface area contributed by atoms with Crippen molar-refractivity contribution in [2.75, 3.05) is 18.2 Å². The Kier molecular flexibility index (Phi) is 7.94. The fourth-order valence-electron chi connectivity index (χ4n) is 3.67. The number of aromatic nitrogens is 1. The molecule has 7 heteroatoms. The number of aryl methyl sites for hydroxylation is 1. The van der Waals surface area contributed by atoms with Crippen LogP contribution in [0, 0.1) is 25.2 Å². The highest BCUT2D eigenvalue weighted by Gasteiger charge is 2.18. The van der Waals surface area contributed by atoms with E-state index >= 15 is 0 Å². The summed E-state index contributed by atoms with van der Waals surface area (Å²) < 4.78 is 5.28. The predicted octanol–water partition coefficient (Wildman–Crippen LogP) is 7.30. The van der Waals surface area contributed by atoms with Crippen LogP contribution >= 0.6 is 23.4 Å². The lowest BCUT2D eigenvalue weighted by Gasteiger charge is -2.14. The van der Waals surface area contributed by atoms with E-state index < -0.39 is 0 Å². The van der Waals surface area contributed by atoms with Gasteiger partial charge in [0.1, 0.15) is 16.8 Å². The van der Waals surface area contributed by atoms with Crippen LogP contribution in [0.3, 0.4) is 0 Å². The van der Waals surface area contributed by atoms with Crippen molar-refractivity contribution in [2.45, 2.75) is 18.9 Å². The van der Waals surface area contributed by atoms with Crippen molar-refractivity contribution >= 4 is 35.0 Å². The summed E-state index contributed by atoms with van der Waals surface area (Å²) in [6.45, 7) is 3.88. The zero-order chi connectivity index (χ0) is 25.7. The third kappa shape index (κ3) is 5.71. The van der Waals surface area contributed by atoms with Gasteiger partial charge < -0.3 is 10.1 Å². The van der Waals surface area contributed by atoms with E-state index in [1.165, 1.54) is 11.8 Å². The number of hydrogen-bond donors (Lipinski definition) is 1. The number of nitrogens with one attached hydrogen (secondary N) is 1. The van der Waals surface area contributed by atoms with Crippen LogP contribution < -0.4 is 10.1 Å². The fourth-order valence-corrected chi connectivity index (χ4v) is 4.65. The molecule has 0 aliphatic rings. The van der Waals surface area contributed by atoms with Crippen LogP contribution in [0.15, 0.2) is 77.8 Å². The number of rotatable bonds is 7. The maximum Gasteiger partial charge on any atom is 0.234 e. The number of nitrogens with zero attached hydrogens (tertiary/aromatic N) is 2. The Morgan fingerprint density at radius 1 is 1.06 bits per heavy atom. The molecule has 0 radical (unpaired) electrons. The molecule has 1 aromatic heterocycles. The molecular formula is C29H24ClN3O2S. The lowest BCUT2D eigenvalue weighted by Crippen LogP contribution is -2.15. The lowest BCUT2D eigenvalue weighted by molar-refractivity contribution is -0.113. The predicted molar refractivity (Wildman–Crippen MR) is 147 cm³/mol. The Morgan fingerprint density at radius 2 is 1.75 bits per heavy atom. The van der Waals surface area contributed by atoms with Crippen molar-refractivity contribution in [2.24, 2.45) is 0 Å². The van der Waals surface area contributed by atoms with Crippen LogP contribution in [0.4, 0.5) is 5.69 Å². The minimum Gasteiger partial charge on any atom is -0.497 e. The van der Waals surface area contributed by atoms with Gasteiger partial charge in [-0.2, -0.15) is 5.26 Å². The van der Waals surface area contributed by atoms with Gasteiger partial charge in [0.05, 0.1) is 24.1 Å². The van der Waals surface area contributed by atoms with Crippen LogP contribution in [-0.2, 0) is 4.79 Å². The largest absolute Gasteiger partial charge is 0.497 e. The fraction of sp³-hybridized carbons (Fsp3) is 0.138. The van der Waals surface area contributed by atoms with Crippen LogP contribution in [-0.4, -0.2) is 23.8 Å². The molecule has 4 aromatic rings. The normalized spacial score (nSPS) is 10.5. The Hall–Kier alpha value is -3.79. The standard InChI is InChI=1S/C29H24ClN3O2S/c1-18-7-9-21(10-8-18)27-15-23(20-11-13-22(35-3)14-12-20)24(16-31)29(33-27)36-17-28(34)32-26-6-4-5-25(30)19(26)2/h4-15H,17H2,1-3H3,(H,32,34). The highest BCUT2D eigenvalue weighted by Crippen LogP contribution is 2.35. The number of ether oxygens (including phenoxy) is 1. The molecular weight excluding hydrogens is 490 g/mol. The van der Waals surface area contributed by atoms with Gasteiger partial charge in [-0.05, 0) is 55.3 Å². The van der Waals surface area contributed by atoms with Gasteiger partial charge in [0, 0.05) is 21.8 Å². The number of carbonyl (C=O) groups is 1. The number of anilines is 1. The van der Waals surface area contributed by atoms with Crippen LogP contribution in [0.1, 0.15) is 16.7 Å². The number of halogens is 1. The van der Waals surface area contributed by atoms with E-state index in [0.717, 1.165) is 39.3 Å². The molecule has 0 spiro atoms. The van der Waals surface area contributed by atoms with Gasteiger partial charge in [0.2, 0.25) is 5.91 Å². The summed E-state index contributed by atoms with van der Waals surface area (Å²) in [4.78, 5) is 17.6. The molecule has 1 heterocycles. The van der Waals surface area contributed by atoms with Crippen molar-refractivity contribution < 1.29 is 9.53 Å². The van der Waals surface area contributed by atoms with Gasteiger partial charge >= 0.3 is 0 Å². The van der Waals surface area contributed by atoms with E-state index in [1.54, 1.807) is 19.2 Å². The highest BCUT2D eigenvalue weighted by atomic mass is 35.5. The molecule has 0 bridgehead atoms. The molecule has 1 N–H and O–H groups in total. The second-order valence-corrected chi connectivity index (χ2v) is 9.56. The summed E-state index contributed by atoms with van der Waals surface area (Å²) in [5, 5.41) is 14.1. The summed E-state index contributed by atoms with van der Waals surface area (Å²) in [7, 11) is 1.61. The maximum atomic E-state index is 12.8. The molecule has 5 nitrogen and oxygen atoms in total. The summed E-state index contributed by atoms with van der Waals surface area (Å²) in [6.07, 6.45) is 0. The molecule has 36 heavy (non-hydrogen) atoms. The lowest BCUT2D eigenvalue weighted by atomic mass is 9.99. The second kappa shape index (κ2) is 11.3. The molecule has 0 unspecified atom stereocenters. The number of thioether (sulfide) groups is 1. The Bertz CT molecular complexity index is 1450. The topological polar surface area (TPSA) is 75.0 Å². The molecule has 0 fully saturated rings. The number of carbonyl (C=O) groups excluding carboxylic acids is 1. The average molecular weight is 514 g/mol. The zero-order valence-corrected chi connectivity index (χ0v) is 21.7. The first-order chi connectivity index (χ1) is 17.4. The highest BCUT2D eigenvalue weighted by molar-refractivity contribution is 8.00. The van der Waals surface area contributed by atoms with Crippen molar-refractivity contribution in [1.82, 2.24) is 4.98 Å². The van der Waals surface area contributed by atoms with Crippen LogP contribution in [0.2, 0.25) is 5.02 Å². The first-order valence-electron chi connectivity index (χ1n) is 11.2. The van der Waals surface area contributed by atoms with E-state index in [4.69, 9.17) is 21.3 Å². The molecule has 0 saturated carbocycles. The molecule has 1 amide bonds. The SMILES string of the molecule is COc1ccc(-c2cc(-c3ccc(C)cc3)nc(SCC(=O)Nc3cccc(Cl)c3C)c2C#N)cc1. The van der Waals surface area contributed by atoms with Crippen molar-refractivity contribution in [3.63, 3.8) is 0 Å². The summed E-state index contributed by atoms with van der Waals surface area (Å²) >= 11 is 7.41. The number of pyridine rings is 1. The zero-order valence-electron chi connectivity index (χ0n) is 20.1. The third-order valence-corrected chi connectivity index (χ3v) is 7.11. The minimum absolute atomic E-state index is 0.0903. The van der Waals surface area contributed by atoms with Gasteiger partial charge in [0.25, 0.3) is 0 Å². The first kappa shape index (κ1) is 25.3. The van der Waals surface area contributed by atoms with E-state index in [-0.39, 0.29) is 11.7 Å². The van der Waals surface area contributed by atoms with Crippen LogP contribution in [0.25, 0.3) is 22.4 Å². The van der Waals surface area contributed by atoms with E-state index in [2.05, 4.69) is 11.4 Å². The van der Waals surface area contributed by atoms with Crippen molar-refractivity contribution in [3.05, 3.63) is 94.5 Å². The van der Waals surface area contributed by atoms with Crippen LogP contribution in [0.5, 0.6) is 5.75 Å². The number of amides is 1. The monoisotopic (exact) mass is 513 g/mol. The molecule has 0 saturated heterocycles. The Labute approximate surface area is 220 Å². The molecule has 0 atom stereocenters. The summed E-state index contributed by atoms with van der Waals surface area (Å²) in [5.74, 6) is 0.614. The number of nitriles is 1.